The summed E-state index contributed by atoms with van der Waals surface area (Å²) in [5.74, 6) is -0.204. The van der Waals surface area contributed by atoms with Gasteiger partial charge in [0.05, 0.1) is 17.7 Å². The van der Waals surface area contributed by atoms with Crippen molar-refractivity contribution in [2.45, 2.75) is 19.9 Å². The molecule has 0 aliphatic carbocycles. The highest BCUT2D eigenvalue weighted by Crippen LogP contribution is 2.19. The van der Waals surface area contributed by atoms with Gasteiger partial charge in [0, 0.05) is 12.5 Å². The van der Waals surface area contributed by atoms with E-state index in [-0.39, 0.29) is 23.6 Å². The first-order chi connectivity index (χ1) is 10.0. The lowest BCUT2D eigenvalue weighted by Gasteiger charge is -2.06. The van der Waals surface area contributed by atoms with Gasteiger partial charge in [0.15, 0.2) is 0 Å². The first kappa shape index (κ1) is 14.4. The fourth-order valence-corrected chi connectivity index (χ4v) is 1.61. The quantitative estimate of drug-likeness (QED) is 0.609. The Morgan fingerprint density at radius 2 is 2.24 bits per heavy atom. The van der Waals surface area contributed by atoms with Crippen LogP contribution in [-0.4, -0.2) is 26.0 Å². The summed E-state index contributed by atoms with van der Waals surface area (Å²) in [4.78, 5) is 28.8. The minimum Gasteiger partial charge on any atom is -0.478 e. The number of pyridine rings is 1. The zero-order valence-corrected chi connectivity index (χ0v) is 11.1. The van der Waals surface area contributed by atoms with Crippen LogP contribution in [0.5, 0.6) is 0 Å². The number of carboxylic acids is 1. The van der Waals surface area contributed by atoms with Crippen LogP contribution in [-0.2, 0) is 13.0 Å². The zero-order valence-electron chi connectivity index (χ0n) is 11.1. The summed E-state index contributed by atoms with van der Waals surface area (Å²) < 4.78 is 5.36. The number of nitrogens with zero attached hydrogens (tertiary/aromatic N) is 3. The van der Waals surface area contributed by atoms with Gasteiger partial charge in [-0.3, -0.25) is 10.1 Å². The lowest BCUT2D eigenvalue weighted by molar-refractivity contribution is -0.385. The lowest BCUT2D eigenvalue weighted by atomic mass is 10.2. The number of aryl methyl sites for hydroxylation is 1. The van der Waals surface area contributed by atoms with E-state index in [0.29, 0.717) is 18.1 Å². The van der Waals surface area contributed by atoms with E-state index in [1.807, 2.05) is 6.92 Å². The van der Waals surface area contributed by atoms with E-state index in [1.54, 1.807) is 6.20 Å². The van der Waals surface area contributed by atoms with Crippen molar-refractivity contribution in [3.05, 3.63) is 45.8 Å². The second-order valence-electron chi connectivity index (χ2n) is 4.08. The van der Waals surface area contributed by atoms with Crippen LogP contribution in [0.2, 0.25) is 0 Å². The number of nitro groups is 1. The fraction of sp³-hybridized carbons (Fsp3) is 0.250. The molecule has 0 bridgehead atoms. The molecule has 0 saturated heterocycles. The number of anilines is 1. The average Bonchev–Trinajstić information content (AvgIpc) is 2.92. The van der Waals surface area contributed by atoms with Gasteiger partial charge in [-0.2, -0.15) is 0 Å². The van der Waals surface area contributed by atoms with Crippen molar-refractivity contribution in [2.75, 3.05) is 5.32 Å². The number of hydrogen-bond donors (Lipinski definition) is 2. The molecule has 0 atom stereocenters. The van der Waals surface area contributed by atoms with Gasteiger partial charge in [0.2, 0.25) is 5.89 Å². The number of rotatable bonds is 6. The molecule has 0 saturated carbocycles. The number of aromatic carboxylic acids is 1. The zero-order chi connectivity index (χ0) is 15.4. The van der Waals surface area contributed by atoms with Crippen LogP contribution in [0, 0.1) is 10.1 Å². The second-order valence-corrected chi connectivity index (χ2v) is 4.08. The standard InChI is InChI=1S/C12H12N4O5/c1-2-8-5-13-10(21-8)6-15-11-9(12(17)18)3-7(4-14-11)16(19)20/h3-5H,2,6H2,1H3,(H,14,15)(H,17,18). The van der Waals surface area contributed by atoms with Gasteiger partial charge in [-0.1, -0.05) is 6.92 Å². The summed E-state index contributed by atoms with van der Waals surface area (Å²) in [6.07, 6.45) is 3.27. The van der Waals surface area contributed by atoms with Gasteiger partial charge in [-0.05, 0) is 0 Å². The Bertz CT molecular complexity index is 682. The maximum Gasteiger partial charge on any atom is 0.339 e. The lowest BCUT2D eigenvalue weighted by Crippen LogP contribution is -2.09. The van der Waals surface area contributed by atoms with Crippen molar-refractivity contribution in [3.8, 4) is 0 Å². The number of hydrogen-bond acceptors (Lipinski definition) is 7. The normalized spacial score (nSPS) is 10.3. The van der Waals surface area contributed by atoms with Gasteiger partial charge in [0.25, 0.3) is 5.69 Å². The molecule has 2 heterocycles. The van der Waals surface area contributed by atoms with Gasteiger partial charge in [-0.25, -0.2) is 14.8 Å². The Hall–Kier alpha value is -2.97. The highest BCUT2D eigenvalue weighted by atomic mass is 16.6. The highest BCUT2D eigenvalue weighted by Gasteiger charge is 2.17. The van der Waals surface area contributed by atoms with Crippen LogP contribution >= 0.6 is 0 Å². The number of aromatic nitrogens is 2. The van der Waals surface area contributed by atoms with Crippen molar-refractivity contribution in [3.63, 3.8) is 0 Å². The molecule has 2 aromatic heterocycles. The predicted octanol–water partition coefficient (Wildman–Crippen LogP) is 1.85. The molecule has 9 nitrogen and oxygen atoms in total. The molecule has 0 aliphatic heterocycles. The van der Waals surface area contributed by atoms with Crippen LogP contribution in [0.25, 0.3) is 0 Å². The largest absolute Gasteiger partial charge is 0.478 e. The maximum atomic E-state index is 11.1. The molecule has 9 heteroatoms. The Kier molecular flexibility index (Phi) is 4.12. The van der Waals surface area contributed by atoms with Gasteiger partial charge < -0.3 is 14.8 Å². The number of oxazole rings is 1. The molecule has 0 aliphatic rings. The topological polar surface area (TPSA) is 131 Å². The molecule has 0 amide bonds. The summed E-state index contributed by atoms with van der Waals surface area (Å²) in [7, 11) is 0. The minimum absolute atomic E-state index is 0.0179. The summed E-state index contributed by atoms with van der Waals surface area (Å²) in [5.41, 5.74) is -0.672. The summed E-state index contributed by atoms with van der Waals surface area (Å²) >= 11 is 0. The molecular weight excluding hydrogens is 280 g/mol. The van der Waals surface area contributed by atoms with E-state index in [1.165, 1.54) is 0 Å². The van der Waals surface area contributed by atoms with Crippen LogP contribution in [0.3, 0.4) is 0 Å². The molecule has 0 spiro atoms. The summed E-state index contributed by atoms with van der Waals surface area (Å²) in [6, 6.07) is 0.949. The maximum absolute atomic E-state index is 11.1. The molecule has 0 unspecified atom stereocenters. The number of nitrogens with one attached hydrogen (secondary N) is 1. The molecule has 0 radical (unpaired) electrons. The minimum atomic E-state index is -1.31. The van der Waals surface area contributed by atoms with E-state index >= 15 is 0 Å². The number of carboxylic acid groups (broad SMARTS) is 1. The Balaban J connectivity index is 2.19. The molecule has 2 N–H and O–H groups in total. The Morgan fingerprint density at radius 3 is 2.81 bits per heavy atom. The average molecular weight is 292 g/mol. The van der Waals surface area contributed by atoms with Crippen LogP contribution in [0.15, 0.2) is 22.9 Å². The van der Waals surface area contributed by atoms with Crippen LogP contribution < -0.4 is 5.32 Å². The molecule has 2 rings (SSSR count). The first-order valence-corrected chi connectivity index (χ1v) is 6.06. The van der Waals surface area contributed by atoms with Crippen molar-refractivity contribution in [1.29, 1.82) is 0 Å². The van der Waals surface area contributed by atoms with E-state index < -0.39 is 10.9 Å². The predicted molar refractivity (Wildman–Crippen MR) is 71.1 cm³/mol. The SMILES string of the molecule is CCc1cnc(CNc2ncc([N+](=O)[O-])cc2C(=O)O)o1. The van der Waals surface area contributed by atoms with Gasteiger partial charge >= 0.3 is 5.97 Å². The van der Waals surface area contributed by atoms with Crippen molar-refractivity contribution >= 4 is 17.5 Å². The molecule has 21 heavy (non-hydrogen) atoms. The van der Waals surface area contributed by atoms with E-state index in [0.717, 1.165) is 12.3 Å². The summed E-state index contributed by atoms with van der Waals surface area (Å²) in [6.45, 7) is 2.04. The highest BCUT2D eigenvalue weighted by molar-refractivity contribution is 5.93. The molecule has 0 fully saturated rings. The smallest absolute Gasteiger partial charge is 0.339 e. The van der Waals surface area contributed by atoms with E-state index in [2.05, 4.69) is 15.3 Å². The third-order valence-corrected chi connectivity index (χ3v) is 2.67. The molecule has 110 valence electrons. The fourth-order valence-electron chi connectivity index (χ4n) is 1.61. The third-order valence-electron chi connectivity index (χ3n) is 2.67. The van der Waals surface area contributed by atoms with Crippen molar-refractivity contribution in [1.82, 2.24) is 9.97 Å². The first-order valence-electron chi connectivity index (χ1n) is 6.06. The van der Waals surface area contributed by atoms with Crippen LogP contribution in [0.4, 0.5) is 11.5 Å². The van der Waals surface area contributed by atoms with Crippen molar-refractivity contribution in [2.24, 2.45) is 0 Å². The monoisotopic (exact) mass is 292 g/mol. The Morgan fingerprint density at radius 1 is 1.48 bits per heavy atom. The Labute approximate surface area is 118 Å². The van der Waals surface area contributed by atoms with E-state index in [4.69, 9.17) is 9.52 Å². The van der Waals surface area contributed by atoms with Crippen LogP contribution in [0.1, 0.15) is 28.9 Å². The van der Waals surface area contributed by atoms with Gasteiger partial charge in [0.1, 0.15) is 23.3 Å². The molecular formula is C12H12N4O5. The molecule has 0 aromatic carbocycles. The van der Waals surface area contributed by atoms with Gasteiger partial charge in [-0.15, -0.1) is 0 Å². The van der Waals surface area contributed by atoms with E-state index in [9.17, 15) is 14.9 Å². The third kappa shape index (κ3) is 3.32. The summed E-state index contributed by atoms with van der Waals surface area (Å²) in [5, 5.41) is 22.4. The number of carbonyl (C=O) groups is 1. The second kappa shape index (κ2) is 5.99. The van der Waals surface area contributed by atoms with Crippen molar-refractivity contribution < 1.29 is 19.2 Å². The molecule has 2 aromatic rings.